The second-order valence-electron chi connectivity index (χ2n) is 12.4. The number of rotatable bonds is 6. The van der Waals surface area contributed by atoms with Gasteiger partial charge < -0.3 is 9.32 Å². The van der Waals surface area contributed by atoms with Crippen molar-refractivity contribution >= 4 is 55.5 Å². The molecule has 3 heteroatoms. The highest BCUT2D eigenvalue weighted by atomic mass is 16.3. The number of anilines is 3. The van der Waals surface area contributed by atoms with Gasteiger partial charge in [-0.2, -0.15) is 0 Å². The van der Waals surface area contributed by atoms with Crippen LogP contribution in [0.15, 0.2) is 174 Å². The van der Waals surface area contributed by atoms with Gasteiger partial charge in [-0.3, -0.25) is 0 Å². The molecule has 3 nitrogen and oxygen atoms in total. The second kappa shape index (κ2) is 11.9. The smallest absolute Gasteiger partial charge is 0.227 e. The van der Waals surface area contributed by atoms with Crippen molar-refractivity contribution in [3.8, 4) is 22.3 Å². The number of aromatic nitrogens is 1. The number of fused-ring (bicyclic) bond motifs is 4. The maximum absolute atomic E-state index is 6.28. The average molecular weight is 617 g/mol. The van der Waals surface area contributed by atoms with Crippen LogP contribution in [0.5, 0.6) is 0 Å². The molecule has 228 valence electrons. The highest BCUT2D eigenvalue weighted by Crippen LogP contribution is 2.41. The van der Waals surface area contributed by atoms with Crippen molar-refractivity contribution in [2.24, 2.45) is 0 Å². The van der Waals surface area contributed by atoms with Crippen LogP contribution in [0.4, 0.5) is 17.1 Å². The molecule has 0 N–H and O–H groups in total. The van der Waals surface area contributed by atoms with Gasteiger partial charge in [0.25, 0.3) is 0 Å². The Kier molecular flexibility index (Phi) is 6.94. The lowest BCUT2D eigenvalue weighted by Crippen LogP contribution is -2.10. The number of pyridine rings is 1. The molecule has 0 spiro atoms. The molecule has 48 heavy (non-hydrogen) atoms. The lowest BCUT2D eigenvalue weighted by Gasteiger charge is -2.26. The van der Waals surface area contributed by atoms with E-state index in [1.165, 1.54) is 27.6 Å². The first kappa shape index (κ1) is 28.1. The third-order valence-electron chi connectivity index (χ3n) is 9.30. The first-order chi connectivity index (χ1) is 23.8. The van der Waals surface area contributed by atoms with Crippen molar-refractivity contribution in [1.82, 2.24) is 4.98 Å². The number of hydrogen-bond acceptors (Lipinski definition) is 3. The Balaban J connectivity index is 1.18. The number of benzene rings is 6. The van der Waals surface area contributed by atoms with Crippen molar-refractivity contribution in [1.29, 1.82) is 0 Å². The maximum Gasteiger partial charge on any atom is 0.227 e. The monoisotopic (exact) mass is 616 g/mol. The van der Waals surface area contributed by atoms with E-state index >= 15 is 0 Å². The van der Waals surface area contributed by atoms with E-state index in [9.17, 15) is 0 Å². The van der Waals surface area contributed by atoms with Gasteiger partial charge in [-0.05, 0) is 99.5 Å². The molecular weight excluding hydrogens is 585 g/mol. The molecule has 6 aromatic carbocycles. The van der Waals surface area contributed by atoms with Crippen LogP contribution in [0.1, 0.15) is 18.4 Å². The fraction of sp³-hybridized carbons (Fsp3) is 0.0444. The van der Waals surface area contributed by atoms with Crippen LogP contribution in [0, 0.1) is 0 Å². The fourth-order valence-corrected chi connectivity index (χ4v) is 6.87. The summed E-state index contributed by atoms with van der Waals surface area (Å²) in [5.41, 5.74) is 11.8. The Morgan fingerprint density at radius 1 is 0.500 bits per heavy atom. The van der Waals surface area contributed by atoms with E-state index in [-0.39, 0.29) is 0 Å². The van der Waals surface area contributed by atoms with Gasteiger partial charge in [0.15, 0.2) is 0 Å². The molecule has 0 aliphatic heterocycles. The molecule has 8 aromatic rings. The summed E-state index contributed by atoms with van der Waals surface area (Å²) in [6.07, 6.45) is 11.0. The molecule has 0 fully saturated rings. The van der Waals surface area contributed by atoms with Crippen LogP contribution in [0.2, 0.25) is 0 Å². The number of nitrogens with zero attached hydrogens (tertiary/aromatic N) is 2. The summed E-state index contributed by atoms with van der Waals surface area (Å²) < 4.78 is 6.28. The van der Waals surface area contributed by atoms with Gasteiger partial charge in [0, 0.05) is 16.8 Å². The number of hydrogen-bond donors (Lipinski definition) is 0. The molecule has 0 atom stereocenters. The minimum Gasteiger partial charge on any atom is -0.438 e. The van der Waals surface area contributed by atoms with Gasteiger partial charge in [0.1, 0.15) is 5.58 Å². The topological polar surface area (TPSA) is 29.3 Å². The summed E-state index contributed by atoms with van der Waals surface area (Å²) in [5, 5.41) is 4.39. The molecule has 0 saturated heterocycles. The molecule has 1 aliphatic rings. The van der Waals surface area contributed by atoms with E-state index < -0.39 is 0 Å². The molecule has 2 heterocycles. The second-order valence-corrected chi connectivity index (χ2v) is 12.4. The Hall–Kier alpha value is -6.19. The maximum atomic E-state index is 6.28. The van der Waals surface area contributed by atoms with E-state index in [0.29, 0.717) is 5.71 Å². The van der Waals surface area contributed by atoms with Crippen molar-refractivity contribution < 1.29 is 4.42 Å². The minimum absolute atomic E-state index is 0.638. The zero-order chi connectivity index (χ0) is 31.9. The summed E-state index contributed by atoms with van der Waals surface area (Å²) >= 11 is 0. The molecule has 0 saturated carbocycles. The minimum atomic E-state index is 0.638. The largest absolute Gasteiger partial charge is 0.438 e. The normalized spacial score (nSPS) is 12.9. The summed E-state index contributed by atoms with van der Waals surface area (Å²) in [7, 11) is 0. The number of allylic oxidation sites excluding steroid dienone is 4. The van der Waals surface area contributed by atoms with E-state index in [0.717, 1.165) is 62.8 Å². The van der Waals surface area contributed by atoms with Crippen LogP contribution in [-0.4, -0.2) is 4.98 Å². The Labute approximate surface area is 279 Å². The summed E-state index contributed by atoms with van der Waals surface area (Å²) in [4.78, 5) is 7.18. The zero-order valence-electron chi connectivity index (χ0n) is 26.4. The van der Waals surface area contributed by atoms with Crippen molar-refractivity contribution in [2.75, 3.05) is 4.90 Å². The highest BCUT2D eigenvalue weighted by molar-refractivity contribution is 6.10. The van der Waals surface area contributed by atoms with Gasteiger partial charge >= 0.3 is 0 Å². The van der Waals surface area contributed by atoms with E-state index in [4.69, 9.17) is 9.40 Å². The molecule has 0 unspecified atom stereocenters. The van der Waals surface area contributed by atoms with Crippen LogP contribution in [-0.2, 0) is 0 Å². The summed E-state index contributed by atoms with van der Waals surface area (Å²) in [6.45, 7) is 0. The fourth-order valence-electron chi connectivity index (χ4n) is 6.87. The molecule has 0 bridgehead atoms. The van der Waals surface area contributed by atoms with Crippen molar-refractivity contribution in [3.05, 3.63) is 176 Å². The standard InChI is InChI=1S/C45H32N2O/c1-3-11-31(12-4-1)33-21-23-34(24-22-33)36-18-10-20-40(26-36)47(39-19-9-17-35(25-39)32-13-5-2-6-14-32)41-29-43-42-27-37-15-7-8-16-38(37)28-44(42)48-45(43)46-30-41/h2-3,5-30H,1,4H2. The third-order valence-corrected chi connectivity index (χ3v) is 9.30. The van der Waals surface area contributed by atoms with Crippen LogP contribution in [0.25, 0.3) is 60.7 Å². The third kappa shape index (κ3) is 5.16. The Morgan fingerprint density at radius 3 is 1.85 bits per heavy atom. The predicted octanol–water partition coefficient (Wildman–Crippen LogP) is 12.7. The van der Waals surface area contributed by atoms with Gasteiger partial charge in [-0.15, -0.1) is 0 Å². The predicted molar refractivity (Wildman–Crippen MR) is 201 cm³/mol. The van der Waals surface area contributed by atoms with Crippen molar-refractivity contribution in [2.45, 2.75) is 12.8 Å². The first-order valence-corrected chi connectivity index (χ1v) is 16.5. The zero-order valence-corrected chi connectivity index (χ0v) is 26.4. The number of furan rings is 1. The first-order valence-electron chi connectivity index (χ1n) is 16.5. The molecule has 0 amide bonds. The lowest BCUT2D eigenvalue weighted by molar-refractivity contribution is 0.654. The Morgan fingerprint density at radius 2 is 1.15 bits per heavy atom. The molecule has 9 rings (SSSR count). The molecule has 1 aliphatic carbocycles. The average Bonchev–Trinajstić information content (AvgIpc) is 3.51. The summed E-state index contributed by atoms with van der Waals surface area (Å²) in [6, 6.07) is 51.9. The van der Waals surface area contributed by atoms with Gasteiger partial charge in [0.2, 0.25) is 5.71 Å². The van der Waals surface area contributed by atoms with Crippen LogP contribution < -0.4 is 4.90 Å². The van der Waals surface area contributed by atoms with E-state index in [1.54, 1.807) is 0 Å². The molecular formula is C45H32N2O. The van der Waals surface area contributed by atoms with Crippen LogP contribution >= 0.6 is 0 Å². The quantitative estimate of drug-likeness (QED) is 0.186. The Bertz CT molecular complexity index is 2500. The molecule has 2 aromatic heterocycles. The van der Waals surface area contributed by atoms with E-state index in [2.05, 4.69) is 169 Å². The van der Waals surface area contributed by atoms with E-state index in [1.807, 2.05) is 6.20 Å². The van der Waals surface area contributed by atoms with Crippen LogP contribution in [0.3, 0.4) is 0 Å². The van der Waals surface area contributed by atoms with Gasteiger partial charge in [0.05, 0.1) is 17.3 Å². The molecule has 0 radical (unpaired) electrons. The lowest BCUT2D eigenvalue weighted by atomic mass is 9.96. The summed E-state index contributed by atoms with van der Waals surface area (Å²) in [5.74, 6) is 0. The highest BCUT2D eigenvalue weighted by Gasteiger charge is 2.18. The van der Waals surface area contributed by atoms with Crippen molar-refractivity contribution in [3.63, 3.8) is 0 Å². The SMILES string of the molecule is C1=CC(c2ccc(-c3cccc(N(c4cccc(-c5ccccc5)c4)c4cnc5oc6cc7ccccc7cc6c5c4)c3)cc2)=CCC1. The van der Waals surface area contributed by atoms with Gasteiger partial charge in [-0.1, -0.05) is 121 Å². The van der Waals surface area contributed by atoms with Gasteiger partial charge in [-0.25, -0.2) is 4.98 Å².